The molecule has 0 spiro atoms. The van der Waals surface area contributed by atoms with Gasteiger partial charge in [-0.15, -0.1) is 0 Å². The van der Waals surface area contributed by atoms with Crippen molar-refractivity contribution in [1.82, 2.24) is 0 Å². The molecule has 0 aliphatic carbocycles. The van der Waals surface area contributed by atoms with Crippen molar-refractivity contribution in [3.8, 4) is 0 Å². The Morgan fingerprint density at radius 3 is 0.750 bits per heavy atom. The molecule has 0 aliphatic heterocycles. The van der Waals surface area contributed by atoms with Gasteiger partial charge in [0, 0.05) is 52.4 Å². The van der Waals surface area contributed by atoms with E-state index in [2.05, 4.69) is 0 Å². The molecule has 4 heavy (non-hydrogen) atoms. The molecular weight excluding hydrogens is 214 g/mol. The summed E-state index contributed by atoms with van der Waals surface area (Å²) in [7, 11) is 0. The Morgan fingerprint density at radius 1 is 0.750 bits per heavy atom. The summed E-state index contributed by atoms with van der Waals surface area (Å²) in [5, 5.41) is 12.0. The van der Waals surface area contributed by atoms with E-state index in [-0.39, 0.29) is 52.4 Å². The molecule has 0 bridgehead atoms. The van der Waals surface area contributed by atoms with Gasteiger partial charge in [-0.25, -0.2) is 0 Å². The van der Waals surface area contributed by atoms with E-state index in [9.17, 15) is 0 Å². The summed E-state index contributed by atoms with van der Waals surface area (Å²) in [5.41, 5.74) is 0. The third-order valence-corrected chi connectivity index (χ3v) is 0. The summed E-state index contributed by atoms with van der Waals surface area (Å²) in [6.45, 7) is 0. The standard InChI is InChI=1S/H2O2.2Zr/c1-2;;/h1-2H;;. The SMILES string of the molecule is OO.[Zr].[Zr]. The maximum Gasteiger partial charge on any atom is 0 e. The molecule has 0 heterocycles. The second-order valence-corrected chi connectivity index (χ2v) is 0. The van der Waals surface area contributed by atoms with Crippen molar-refractivity contribution >= 4 is 0 Å². The zero-order valence-corrected chi connectivity index (χ0v) is 6.81. The Hall–Kier alpha value is 1.69. The molecular formula is H2O2Zr2. The molecule has 0 aromatic rings. The number of rotatable bonds is 0. The molecule has 0 fully saturated rings. The molecule has 0 aromatic heterocycles. The van der Waals surface area contributed by atoms with Crippen molar-refractivity contribution in [3.63, 3.8) is 0 Å². The monoisotopic (exact) mass is 214 g/mol. The second kappa shape index (κ2) is 22.4. The fraction of sp³-hybridized carbons (Fsp3) is 0. The molecule has 0 amide bonds. The summed E-state index contributed by atoms with van der Waals surface area (Å²) in [4.78, 5) is 0. The largest absolute Gasteiger partial charge is 0.255 e. The summed E-state index contributed by atoms with van der Waals surface area (Å²) in [6.07, 6.45) is 0. The van der Waals surface area contributed by atoms with Crippen LogP contribution in [-0.2, 0) is 52.4 Å². The maximum atomic E-state index is 6.00. The maximum absolute atomic E-state index is 6.00. The van der Waals surface area contributed by atoms with E-state index in [0.717, 1.165) is 0 Å². The van der Waals surface area contributed by atoms with Crippen molar-refractivity contribution in [1.29, 1.82) is 0 Å². The molecule has 2 nitrogen and oxygen atoms in total. The molecule has 0 aliphatic rings. The first kappa shape index (κ1) is 17.3. The molecule has 0 saturated heterocycles. The molecule has 4 heteroatoms. The normalized spacial score (nSPS) is 1.50. The molecule has 0 radical (unpaired) electrons. The Labute approximate surface area is 62.4 Å². The van der Waals surface area contributed by atoms with Gasteiger partial charge in [-0.1, -0.05) is 0 Å². The predicted molar refractivity (Wildman–Crippen MR) is 5.26 cm³/mol. The van der Waals surface area contributed by atoms with Crippen LogP contribution in [0.15, 0.2) is 0 Å². The zero-order valence-electron chi connectivity index (χ0n) is 1.89. The smallest absolute Gasteiger partial charge is 0 e. The van der Waals surface area contributed by atoms with Crippen molar-refractivity contribution in [2.75, 3.05) is 0 Å². The third kappa shape index (κ3) is 9.35. The van der Waals surface area contributed by atoms with E-state index in [1.807, 2.05) is 0 Å². The van der Waals surface area contributed by atoms with Crippen molar-refractivity contribution < 1.29 is 62.9 Å². The Balaban J connectivity index is -0.00000000500. The fourth-order valence-corrected chi connectivity index (χ4v) is 0. The van der Waals surface area contributed by atoms with Gasteiger partial charge in [-0.05, 0) is 0 Å². The van der Waals surface area contributed by atoms with Crippen LogP contribution in [0.4, 0.5) is 0 Å². The van der Waals surface area contributed by atoms with Gasteiger partial charge in [0.1, 0.15) is 0 Å². The topological polar surface area (TPSA) is 40.5 Å². The average molecular weight is 216 g/mol. The fourth-order valence-electron chi connectivity index (χ4n) is 0. The third-order valence-electron chi connectivity index (χ3n) is 0. The van der Waals surface area contributed by atoms with Crippen LogP contribution in [0.3, 0.4) is 0 Å². The van der Waals surface area contributed by atoms with Gasteiger partial charge in [0.05, 0.1) is 0 Å². The first-order valence-electron chi connectivity index (χ1n) is 0.200. The van der Waals surface area contributed by atoms with E-state index < -0.39 is 0 Å². The predicted octanol–water partition coefficient (Wildman–Crippen LogP) is 0.0124. The van der Waals surface area contributed by atoms with Crippen LogP contribution < -0.4 is 0 Å². The van der Waals surface area contributed by atoms with Crippen molar-refractivity contribution in [2.24, 2.45) is 0 Å². The van der Waals surface area contributed by atoms with Crippen molar-refractivity contribution in [3.05, 3.63) is 0 Å². The molecule has 0 unspecified atom stereocenters. The van der Waals surface area contributed by atoms with Crippen LogP contribution in [0.25, 0.3) is 0 Å². The van der Waals surface area contributed by atoms with Crippen LogP contribution >= 0.6 is 0 Å². The van der Waals surface area contributed by atoms with Gasteiger partial charge in [0.25, 0.3) is 0 Å². The van der Waals surface area contributed by atoms with E-state index >= 15 is 0 Å². The van der Waals surface area contributed by atoms with E-state index in [1.54, 1.807) is 0 Å². The molecule has 22 valence electrons. The summed E-state index contributed by atoms with van der Waals surface area (Å²) >= 11 is 0. The number of hydrogen-bond acceptors (Lipinski definition) is 2. The van der Waals surface area contributed by atoms with Gasteiger partial charge in [0.2, 0.25) is 0 Å². The van der Waals surface area contributed by atoms with Gasteiger partial charge in [-0.2, -0.15) is 0 Å². The molecule has 0 aromatic carbocycles. The van der Waals surface area contributed by atoms with Gasteiger partial charge in [-0.3, -0.25) is 10.5 Å². The van der Waals surface area contributed by atoms with E-state index in [0.29, 0.717) is 0 Å². The first-order valence-corrected chi connectivity index (χ1v) is 0.200. The second-order valence-electron chi connectivity index (χ2n) is 0. The molecule has 2 N–H and O–H groups in total. The minimum Gasteiger partial charge on any atom is -0.255 e. The number of hydrogen-bond donors (Lipinski definition) is 2. The summed E-state index contributed by atoms with van der Waals surface area (Å²) in [5.74, 6) is 0. The van der Waals surface area contributed by atoms with Gasteiger partial charge in [0.15, 0.2) is 0 Å². The van der Waals surface area contributed by atoms with E-state index in [4.69, 9.17) is 10.5 Å². The Kier molecular flexibility index (Phi) is 96.9. The minimum absolute atomic E-state index is 0. The van der Waals surface area contributed by atoms with E-state index in [1.165, 1.54) is 0 Å². The Morgan fingerprint density at radius 2 is 0.750 bits per heavy atom. The summed E-state index contributed by atoms with van der Waals surface area (Å²) in [6, 6.07) is 0. The van der Waals surface area contributed by atoms with Crippen LogP contribution in [0, 0.1) is 0 Å². The average Bonchev–Trinajstić information content (AvgIpc) is 1.00. The van der Waals surface area contributed by atoms with Crippen LogP contribution in [0.5, 0.6) is 0 Å². The minimum atomic E-state index is 0. The Bertz CT molecular complexity index is 4.00. The molecule has 0 saturated carbocycles. The zero-order chi connectivity index (χ0) is 2.00. The van der Waals surface area contributed by atoms with Gasteiger partial charge >= 0.3 is 0 Å². The van der Waals surface area contributed by atoms with Crippen molar-refractivity contribution in [2.45, 2.75) is 0 Å². The van der Waals surface area contributed by atoms with Crippen LogP contribution in [0.2, 0.25) is 0 Å². The molecule has 0 rings (SSSR count). The van der Waals surface area contributed by atoms with Crippen LogP contribution in [-0.4, -0.2) is 10.5 Å². The summed E-state index contributed by atoms with van der Waals surface area (Å²) < 4.78 is 0. The first-order chi connectivity index (χ1) is 1.00. The van der Waals surface area contributed by atoms with Gasteiger partial charge < -0.3 is 0 Å². The molecule has 0 atom stereocenters. The quantitative estimate of drug-likeness (QED) is 0.442. The van der Waals surface area contributed by atoms with Crippen LogP contribution in [0.1, 0.15) is 0 Å².